The van der Waals surface area contributed by atoms with Gasteiger partial charge < -0.3 is 17.7 Å². The van der Waals surface area contributed by atoms with E-state index in [1.165, 1.54) is 0 Å². The molecule has 2 rings (SSSR count). The SMILES string of the molecule is CCOC(=O)[C@H]1[C@@H]2CC[C@@H](C2)[C@@H]1[B-](F)(F)F. The molecule has 0 aliphatic heterocycles. The third kappa shape index (κ3) is 1.82. The van der Waals surface area contributed by atoms with E-state index in [1.807, 2.05) is 0 Å². The topological polar surface area (TPSA) is 26.3 Å². The second kappa shape index (κ2) is 3.97. The van der Waals surface area contributed by atoms with Crippen molar-refractivity contribution in [2.24, 2.45) is 17.8 Å². The third-order valence-electron chi connectivity index (χ3n) is 3.98. The molecular formula is C10H15BF3O2-. The van der Waals surface area contributed by atoms with E-state index in [9.17, 15) is 17.7 Å². The molecule has 0 spiro atoms. The molecule has 0 aromatic carbocycles. The van der Waals surface area contributed by atoms with Crippen molar-refractivity contribution in [2.45, 2.75) is 32.0 Å². The molecule has 0 heterocycles. The van der Waals surface area contributed by atoms with Gasteiger partial charge in [-0.1, -0.05) is 18.2 Å². The summed E-state index contributed by atoms with van der Waals surface area (Å²) in [7, 11) is 0. The smallest absolute Gasteiger partial charge is 0.466 e. The highest BCUT2D eigenvalue weighted by molar-refractivity contribution is 6.60. The maximum Gasteiger partial charge on any atom is 0.482 e. The van der Waals surface area contributed by atoms with Crippen LogP contribution in [0, 0.1) is 17.8 Å². The van der Waals surface area contributed by atoms with Crippen molar-refractivity contribution in [3.63, 3.8) is 0 Å². The maximum atomic E-state index is 12.9. The van der Waals surface area contributed by atoms with E-state index in [0.717, 1.165) is 6.42 Å². The van der Waals surface area contributed by atoms with Crippen LogP contribution in [-0.4, -0.2) is 19.6 Å². The zero-order valence-electron chi connectivity index (χ0n) is 9.17. The summed E-state index contributed by atoms with van der Waals surface area (Å²) < 4.78 is 43.5. The highest BCUT2D eigenvalue weighted by atomic mass is 19.4. The number of halogens is 3. The molecule has 4 atom stereocenters. The lowest BCUT2D eigenvalue weighted by atomic mass is 9.59. The highest BCUT2D eigenvalue weighted by Gasteiger charge is 2.57. The van der Waals surface area contributed by atoms with Gasteiger partial charge in [0.2, 0.25) is 0 Å². The van der Waals surface area contributed by atoms with Crippen LogP contribution in [0.2, 0.25) is 5.82 Å². The van der Waals surface area contributed by atoms with E-state index in [-0.39, 0.29) is 18.4 Å². The number of rotatable bonds is 3. The van der Waals surface area contributed by atoms with E-state index < -0.39 is 24.7 Å². The molecular weight excluding hydrogens is 220 g/mol. The number of ether oxygens (including phenoxy) is 1. The molecule has 0 aromatic heterocycles. The fourth-order valence-electron chi connectivity index (χ4n) is 3.47. The van der Waals surface area contributed by atoms with Crippen LogP contribution < -0.4 is 0 Å². The Morgan fingerprint density at radius 2 is 1.94 bits per heavy atom. The summed E-state index contributed by atoms with van der Waals surface area (Å²) in [6.45, 7) is -3.15. The first-order valence-electron chi connectivity index (χ1n) is 5.81. The zero-order valence-corrected chi connectivity index (χ0v) is 9.17. The van der Waals surface area contributed by atoms with Crippen LogP contribution in [-0.2, 0) is 9.53 Å². The molecule has 2 saturated carbocycles. The van der Waals surface area contributed by atoms with E-state index in [0.29, 0.717) is 12.8 Å². The summed E-state index contributed by atoms with van der Waals surface area (Å²) in [6.07, 6.45) is 1.92. The fourth-order valence-corrected chi connectivity index (χ4v) is 3.47. The molecule has 2 nitrogen and oxygen atoms in total. The third-order valence-corrected chi connectivity index (χ3v) is 3.98. The first-order valence-corrected chi connectivity index (χ1v) is 5.81. The quantitative estimate of drug-likeness (QED) is 0.555. The molecule has 2 aliphatic carbocycles. The van der Waals surface area contributed by atoms with Gasteiger partial charge in [-0.15, -0.1) is 0 Å². The van der Waals surface area contributed by atoms with Crippen LogP contribution in [0.25, 0.3) is 0 Å². The molecule has 0 unspecified atom stereocenters. The Labute approximate surface area is 92.6 Å². The molecule has 6 heteroatoms. The van der Waals surface area contributed by atoms with E-state index in [2.05, 4.69) is 0 Å². The average molecular weight is 235 g/mol. The normalized spacial score (nSPS) is 37.8. The van der Waals surface area contributed by atoms with Gasteiger partial charge in [-0.2, -0.15) is 0 Å². The van der Waals surface area contributed by atoms with Crippen molar-refractivity contribution < 1.29 is 22.5 Å². The molecule has 2 bridgehead atoms. The van der Waals surface area contributed by atoms with E-state index in [1.54, 1.807) is 6.92 Å². The average Bonchev–Trinajstić information content (AvgIpc) is 2.74. The molecule has 0 aromatic rings. The summed E-state index contributed by atoms with van der Waals surface area (Å²) in [5.41, 5.74) is 0. The molecule has 0 N–H and O–H groups in total. The highest BCUT2D eigenvalue weighted by Crippen LogP contribution is 2.60. The van der Waals surface area contributed by atoms with Gasteiger partial charge in [0.15, 0.2) is 0 Å². The van der Waals surface area contributed by atoms with Crippen LogP contribution in [0.4, 0.5) is 12.9 Å². The fraction of sp³-hybridized carbons (Fsp3) is 0.900. The molecule has 0 amide bonds. The summed E-state index contributed by atoms with van der Waals surface area (Å²) in [4.78, 5) is 11.6. The van der Waals surface area contributed by atoms with Crippen LogP contribution in [0.15, 0.2) is 0 Å². The van der Waals surface area contributed by atoms with Gasteiger partial charge in [0.25, 0.3) is 0 Å². The summed E-state index contributed by atoms with van der Waals surface area (Å²) in [5, 5.41) is 0. The number of hydrogen-bond donors (Lipinski definition) is 0. The molecule has 92 valence electrons. The number of carbonyl (C=O) groups is 1. The largest absolute Gasteiger partial charge is 0.482 e. The minimum Gasteiger partial charge on any atom is -0.466 e. The second-order valence-electron chi connectivity index (χ2n) is 4.81. The summed E-state index contributed by atoms with van der Waals surface area (Å²) in [6, 6.07) is 0. The Bertz CT molecular complexity index is 292. The number of esters is 1. The van der Waals surface area contributed by atoms with Gasteiger partial charge >= 0.3 is 12.9 Å². The van der Waals surface area contributed by atoms with Crippen molar-refractivity contribution in [3.05, 3.63) is 0 Å². The van der Waals surface area contributed by atoms with Crippen molar-refractivity contribution in [1.82, 2.24) is 0 Å². The molecule has 2 fully saturated rings. The van der Waals surface area contributed by atoms with Crippen LogP contribution in [0.5, 0.6) is 0 Å². The van der Waals surface area contributed by atoms with Crippen molar-refractivity contribution in [1.29, 1.82) is 0 Å². The van der Waals surface area contributed by atoms with Crippen LogP contribution >= 0.6 is 0 Å². The standard InChI is InChI=1S/C10H15BF3O2/c1-2-16-10(15)8-6-3-4-7(5-6)9(8)11(12,13)14/h6-9H,2-5H2,1H3/q-1/t6-,7+,8+,9+/m1/s1. The van der Waals surface area contributed by atoms with Gasteiger partial charge in [0.05, 0.1) is 6.61 Å². The van der Waals surface area contributed by atoms with Gasteiger partial charge in [-0.05, 0) is 25.7 Å². The minimum absolute atomic E-state index is 0.0995. The Kier molecular flexibility index (Phi) is 2.92. The number of fused-ring (bicyclic) bond motifs is 2. The predicted molar refractivity (Wildman–Crippen MR) is 53.8 cm³/mol. The Balaban J connectivity index is 2.18. The monoisotopic (exact) mass is 235 g/mol. The number of carbonyl (C=O) groups excluding carboxylic acids is 1. The first kappa shape index (κ1) is 11.8. The Morgan fingerprint density at radius 3 is 2.50 bits per heavy atom. The first-order chi connectivity index (χ1) is 7.45. The second-order valence-corrected chi connectivity index (χ2v) is 4.81. The molecule has 16 heavy (non-hydrogen) atoms. The van der Waals surface area contributed by atoms with Gasteiger partial charge in [-0.25, -0.2) is 0 Å². The Hall–Kier alpha value is -0.675. The lowest BCUT2D eigenvalue weighted by molar-refractivity contribution is -0.150. The molecule has 0 saturated heterocycles. The van der Waals surface area contributed by atoms with Crippen LogP contribution in [0.3, 0.4) is 0 Å². The molecule has 2 aliphatic rings. The maximum absolute atomic E-state index is 12.9. The van der Waals surface area contributed by atoms with Gasteiger partial charge in [0, 0.05) is 5.92 Å². The lowest BCUT2D eigenvalue weighted by Gasteiger charge is -2.36. The van der Waals surface area contributed by atoms with E-state index >= 15 is 0 Å². The van der Waals surface area contributed by atoms with Gasteiger partial charge in [-0.3, -0.25) is 4.79 Å². The summed E-state index contributed by atoms with van der Waals surface area (Å²) in [5.74, 6) is -3.40. The van der Waals surface area contributed by atoms with Crippen LogP contribution in [0.1, 0.15) is 26.2 Å². The predicted octanol–water partition coefficient (Wildman–Crippen LogP) is 2.81. The summed E-state index contributed by atoms with van der Waals surface area (Å²) >= 11 is 0. The van der Waals surface area contributed by atoms with Crippen molar-refractivity contribution in [2.75, 3.05) is 6.61 Å². The van der Waals surface area contributed by atoms with Crippen molar-refractivity contribution in [3.8, 4) is 0 Å². The number of hydrogen-bond acceptors (Lipinski definition) is 2. The lowest BCUT2D eigenvalue weighted by Crippen LogP contribution is -2.38. The molecule has 0 radical (unpaired) electrons. The Morgan fingerprint density at radius 1 is 1.31 bits per heavy atom. The minimum atomic E-state index is -4.93. The zero-order chi connectivity index (χ0) is 11.9. The van der Waals surface area contributed by atoms with Crippen molar-refractivity contribution >= 4 is 12.9 Å². The van der Waals surface area contributed by atoms with Gasteiger partial charge in [0.1, 0.15) is 0 Å². The van der Waals surface area contributed by atoms with E-state index in [4.69, 9.17) is 4.74 Å².